The van der Waals surface area contributed by atoms with Crippen LogP contribution in [0.4, 0.5) is 0 Å². The molecule has 0 spiro atoms. The van der Waals surface area contributed by atoms with Crippen LogP contribution in [-0.4, -0.2) is 33.1 Å². The number of nitrogens with zero attached hydrogens (tertiary/aromatic N) is 2. The third-order valence-electron chi connectivity index (χ3n) is 3.46. The molecule has 1 aromatic heterocycles. The van der Waals surface area contributed by atoms with Crippen LogP contribution in [-0.2, 0) is 4.79 Å². The lowest BCUT2D eigenvalue weighted by Gasteiger charge is -2.23. The van der Waals surface area contributed by atoms with E-state index in [1.165, 1.54) is 0 Å². The molecule has 1 heterocycles. The number of rotatable bonds is 4. The number of hydrogen-bond donors (Lipinski definition) is 2. The first-order valence-corrected chi connectivity index (χ1v) is 6.63. The summed E-state index contributed by atoms with van der Waals surface area (Å²) in [6.45, 7) is 1.89. The van der Waals surface area contributed by atoms with E-state index >= 15 is 0 Å². The molecule has 0 aliphatic heterocycles. The van der Waals surface area contributed by atoms with Crippen molar-refractivity contribution in [1.82, 2.24) is 14.9 Å². The summed E-state index contributed by atoms with van der Waals surface area (Å²) in [6, 6.07) is 0. The van der Waals surface area contributed by atoms with Crippen molar-refractivity contribution < 1.29 is 14.7 Å². The maximum absolute atomic E-state index is 11.9. The smallest absolute Gasteiger partial charge is 0.311 e. The summed E-state index contributed by atoms with van der Waals surface area (Å²) in [5, 5.41) is 15.8. The van der Waals surface area contributed by atoms with E-state index in [0.717, 1.165) is 24.4 Å². The summed E-state index contributed by atoms with van der Waals surface area (Å²) in [5.41, 5.74) is -0.213. The topological polar surface area (TPSA) is 92.2 Å². The SMILES string of the molecule is Cc1nnsc1C(=O)NCC1(C(=O)O)CCCC1. The van der Waals surface area contributed by atoms with Gasteiger partial charge in [-0.05, 0) is 31.3 Å². The highest BCUT2D eigenvalue weighted by molar-refractivity contribution is 7.07. The minimum absolute atomic E-state index is 0.179. The lowest BCUT2D eigenvalue weighted by molar-refractivity contribution is -0.148. The van der Waals surface area contributed by atoms with Crippen molar-refractivity contribution in [2.24, 2.45) is 5.41 Å². The number of carbonyl (C=O) groups excluding carboxylic acids is 1. The van der Waals surface area contributed by atoms with E-state index in [9.17, 15) is 14.7 Å². The molecule has 0 saturated heterocycles. The molecule has 98 valence electrons. The molecular formula is C11H15N3O3S. The van der Waals surface area contributed by atoms with E-state index in [0.29, 0.717) is 23.4 Å². The van der Waals surface area contributed by atoms with Crippen LogP contribution in [0, 0.1) is 12.3 Å². The van der Waals surface area contributed by atoms with Gasteiger partial charge < -0.3 is 10.4 Å². The fraction of sp³-hybridized carbons (Fsp3) is 0.636. The summed E-state index contributed by atoms with van der Waals surface area (Å²) < 4.78 is 3.69. The fourth-order valence-electron chi connectivity index (χ4n) is 2.29. The van der Waals surface area contributed by atoms with Crippen LogP contribution in [0.25, 0.3) is 0 Å². The number of nitrogens with one attached hydrogen (secondary N) is 1. The highest BCUT2D eigenvalue weighted by Gasteiger charge is 2.41. The summed E-state index contributed by atoms with van der Waals surface area (Å²) in [7, 11) is 0. The quantitative estimate of drug-likeness (QED) is 0.857. The van der Waals surface area contributed by atoms with Crippen LogP contribution in [0.3, 0.4) is 0 Å². The molecule has 0 bridgehead atoms. The minimum Gasteiger partial charge on any atom is -0.481 e. The maximum Gasteiger partial charge on any atom is 0.311 e. The second-order valence-electron chi connectivity index (χ2n) is 4.66. The zero-order valence-corrected chi connectivity index (χ0v) is 10.9. The number of hydrogen-bond acceptors (Lipinski definition) is 5. The van der Waals surface area contributed by atoms with Crippen molar-refractivity contribution in [1.29, 1.82) is 0 Å². The van der Waals surface area contributed by atoms with Gasteiger partial charge in [-0.2, -0.15) is 0 Å². The molecule has 6 nitrogen and oxygen atoms in total. The average Bonchev–Trinajstić information content (AvgIpc) is 2.95. The highest BCUT2D eigenvalue weighted by atomic mass is 32.1. The van der Waals surface area contributed by atoms with Gasteiger partial charge in [0.2, 0.25) is 0 Å². The number of aliphatic carboxylic acids is 1. The first-order valence-electron chi connectivity index (χ1n) is 5.86. The lowest BCUT2D eigenvalue weighted by atomic mass is 9.86. The van der Waals surface area contributed by atoms with E-state index in [1.54, 1.807) is 6.92 Å². The lowest BCUT2D eigenvalue weighted by Crippen LogP contribution is -2.41. The third kappa shape index (κ3) is 2.35. The highest BCUT2D eigenvalue weighted by Crippen LogP contribution is 2.37. The predicted molar refractivity (Wildman–Crippen MR) is 65.5 cm³/mol. The Bertz CT molecular complexity index is 466. The number of carboxylic acid groups (broad SMARTS) is 1. The average molecular weight is 269 g/mol. The zero-order valence-electron chi connectivity index (χ0n) is 10.1. The third-order valence-corrected chi connectivity index (χ3v) is 4.29. The summed E-state index contributed by atoms with van der Waals surface area (Å²) in [6.07, 6.45) is 3.07. The largest absolute Gasteiger partial charge is 0.481 e. The fourth-order valence-corrected chi connectivity index (χ4v) is 2.86. The van der Waals surface area contributed by atoms with Crippen molar-refractivity contribution in [3.05, 3.63) is 10.6 Å². The Morgan fingerprint density at radius 3 is 2.61 bits per heavy atom. The van der Waals surface area contributed by atoms with Crippen molar-refractivity contribution >= 4 is 23.4 Å². The Morgan fingerprint density at radius 1 is 1.44 bits per heavy atom. The number of amides is 1. The number of aromatic nitrogens is 2. The molecule has 2 rings (SSSR count). The molecule has 1 saturated carbocycles. The van der Waals surface area contributed by atoms with Crippen LogP contribution >= 0.6 is 11.5 Å². The molecule has 7 heteroatoms. The predicted octanol–water partition coefficient (Wildman–Crippen LogP) is 1.22. The van der Waals surface area contributed by atoms with Gasteiger partial charge in [0, 0.05) is 6.54 Å². The Balaban J connectivity index is 2.01. The number of carboxylic acids is 1. The molecule has 1 amide bonds. The standard InChI is InChI=1S/C11H15N3O3S/c1-7-8(18-14-13-7)9(15)12-6-11(10(16)17)4-2-3-5-11/h2-6H2,1H3,(H,12,15)(H,16,17). The van der Waals surface area contributed by atoms with Crippen molar-refractivity contribution in [2.45, 2.75) is 32.6 Å². The summed E-state index contributed by atoms with van der Waals surface area (Å²) in [4.78, 5) is 23.6. The first kappa shape index (κ1) is 12.9. The molecule has 1 aromatic rings. The van der Waals surface area contributed by atoms with Crippen molar-refractivity contribution in [3.8, 4) is 0 Å². The van der Waals surface area contributed by atoms with E-state index in [4.69, 9.17) is 0 Å². The first-order chi connectivity index (χ1) is 8.55. The van der Waals surface area contributed by atoms with Crippen LogP contribution < -0.4 is 5.32 Å². The molecule has 1 aliphatic carbocycles. The van der Waals surface area contributed by atoms with Gasteiger partial charge in [0.05, 0.1) is 11.1 Å². The Labute approximate surface area is 109 Å². The second-order valence-corrected chi connectivity index (χ2v) is 5.42. The summed E-state index contributed by atoms with van der Waals surface area (Å²) >= 11 is 1.03. The van der Waals surface area contributed by atoms with E-state index in [2.05, 4.69) is 14.9 Å². The van der Waals surface area contributed by atoms with Crippen LogP contribution in [0.5, 0.6) is 0 Å². The molecule has 0 aromatic carbocycles. The van der Waals surface area contributed by atoms with E-state index in [-0.39, 0.29) is 12.5 Å². The van der Waals surface area contributed by atoms with Gasteiger partial charge in [-0.15, -0.1) is 5.10 Å². The van der Waals surface area contributed by atoms with Crippen LogP contribution in [0.15, 0.2) is 0 Å². The van der Waals surface area contributed by atoms with Gasteiger partial charge in [0.25, 0.3) is 5.91 Å². The minimum atomic E-state index is -0.820. The van der Waals surface area contributed by atoms with Crippen molar-refractivity contribution in [3.63, 3.8) is 0 Å². The Hall–Kier alpha value is -1.50. The molecule has 1 aliphatic rings. The molecular weight excluding hydrogens is 254 g/mol. The van der Waals surface area contributed by atoms with Crippen molar-refractivity contribution in [2.75, 3.05) is 6.54 Å². The second kappa shape index (κ2) is 5.01. The van der Waals surface area contributed by atoms with Crippen LogP contribution in [0.2, 0.25) is 0 Å². The molecule has 0 unspecified atom stereocenters. The van der Waals surface area contributed by atoms with Gasteiger partial charge in [0.1, 0.15) is 4.88 Å². The number of carbonyl (C=O) groups is 2. The normalized spacial score (nSPS) is 17.6. The molecule has 0 radical (unpaired) electrons. The van der Waals surface area contributed by atoms with Gasteiger partial charge >= 0.3 is 5.97 Å². The Kier molecular flexibility index (Phi) is 3.60. The molecule has 0 atom stereocenters. The zero-order chi connectivity index (χ0) is 13.2. The summed E-state index contributed by atoms with van der Waals surface area (Å²) in [5.74, 6) is -1.10. The van der Waals surface area contributed by atoms with E-state index < -0.39 is 11.4 Å². The van der Waals surface area contributed by atoms with Crippen LogP contribution in [0.1, 0.15) is 41.0 Å². The van der Waals surface area contributed by atoms with Gasteiger partial charge in [0.15, 0.2) is 0 Å². The monoisotopic (exact) mass is 269 g/mol. The molecule has 1 fully saturated rings. The molecule has 18 heavy (non-hydrogen) atoms. The van der Waals surface area contributed by atoms with E-state index in [1.807, 2.05) is 0 Å². The van der Waals surface area contributed by atoms with Gasteiger partial charge in [-0.25, -0.2) is 0 Å². The van der Waals surface area contributed by atoms with Gasteiger partial charge in [-0.1, -0.05) is 17.3 Å². The van der Waals surface area contributed by atoms with Gasteiger partial charge in [-0.3, -0.25) is 9.59 Å². The number of aryl methyl sites for hydroxylation is 1. The molecule has 2 N–H and O–H groups in total. The maximum atomic E-state index is 11.9. The Morgan fingerprint density at radius 2 is 2.11 bits per heavy atom.